The molecule has 2 N–H and O–H groups in total. The Morgan fingerprint density at radius 3 is 2.43 bits per heavy atom. The van der Waals surface area contributed by atoms with E-state index in [1.54, 1.807) is 18.5 Å². The van der Waals surface area contributed by atoms with Crippen LogP contribution in [0.4, 0.5) is 0 Å². The van der Waals surface area contributed by atoms with Gasteiger partial charge in [0.05, 0.1) is 11.1 Å². The zero-order valence-electron chi connectivity index (χ0n) is 13.1. The third kappa shape index (κ3) is 5.18. The molecule has 2 rings (SSSR count). The van der Waals surface area contributed by atoms with Crippen LogP contribution >= 0.6 is 0 Å². The lowest BCUT2D eigenvalue weighted by molar-refractivity contribution is 0.0950. The molecule has 0 aliphatic carbocycles. The molecule has 0 aliphatic heterocycles. The summed E-state index contributed by atoms with van der Waals surface area (Å²) in [5, 5.41) is 5.59. The van der Waals surface area contributed by atoms with Gasteiger partial charge < -0.3 is 10.6 Å². The third-order valence-electron chi connectivity index (χ3n) is 3.25. The SMILES string of the molecule is CCCCNC(=O)c1cncc(C(=O)NCc2cccnc2)c1. The fourth-order valence-electron chi connectivity index (χ4n) is 1.96. The molecule has 2 aromatic rings. The second-order valence-electron chi connectivity index (χ2n) is 5.12. The lowest BCUT2D eigenvalue weighted by Gasteiger charge is -2.07. The van der Waals surface area contributed by atoms with E-state index in [1.165, 1.54) is 12.4 Å². The van der Waals surface area contributed by atoms with Crippen LogP contribution in [0.5, 0.6) is 0 Å². The number of amides is 2. The fourth-order valence-corrected chi connectivity index (χ4v) is 1.96. The van der Waals surface area contributed by atoms with Gasteiger partial charge in [-0.1, -0.05) is 19.4 Å². The number of hydrogen-bond donors (Lipinski definition) is 2. The summed E-state index contributed by atoms with van der Waals surface area (Å²) >= 11 is 0. The Hall–Kier alpha value is -2.76. The molecule has 0 atom stereocenters. The summed E-state index contributed by atoms with van der Waals surface area (Å²) in [6.07, 6.45) is 8.20. The molecule has 0 radical (unpaired) electrons. The number of carbonyl (C=O) groups is 2. The number of nitrogens with one attached hydrogen (secondary N) is 2. The number of hydrogen-bond acceptors (Lipinski definition) is 4. The molecule has 0 unspecified atom stereocenters. The summed E-state index contributed by atoms with van der Waals surface area (Å²) in [5.74, 6) is -0.488. The second-order valence-corrected chi connectivity index (χ2v) is 5.12. The molecule has 2 heterocycles. The number of aromatic nitrogens is 2. The molecular formula is C17H20N4O2. The molecule has 0 fully saturated rings. The number of unbranched alkanes of at least 4 members (excludes halogenated alkanes) is 1. The van der Waals surface area contributed by atoms with E-state index >= 15 is 0 Å². The predicted molar refractivity (Wildman–Crippen MR) is 86.9 cm³/mol. The van der Waals surface area contributed by atoms with Crippen molar-refractivity contribution in [3.8, 4) is 0 Å². The normalized spacial score (nSPS) is 10.1. The highest BCUT2D eigenvalue weighted by Gasteiger charge is 2.11. The van der Waals surface area contributed by atoms with E-state index in [0.29, 0.717) is 24.2 Å². The van der Waals surface area contributed by atoms with Crippen molar-refractivity contribution in [2.24, 2.45) is 0 Å². The van der Waals surface area contributed by atoms with Crippen LogP contribution in [0.3, 0.4) is 0 Å². The summed E-state index contributed by atoms with van der Waals surface area (Å²) in [5.41, 5.74) is 1.65. The first-order valence-electron chi connectivity index (χ1n) is 7.61. The number of rotatable bonds is 7. The highest BCUT2D eigenvalue weighted by atomic mass is 16.2. The Balaban J connectivity index is 1.95. The van der Waals surface area contributed by atoms with Gasteiger partial charge in [-0.25, -0.2) is 0 Å². The Morgan fingerprint density at radius 1 is 1.04 bits per heavy atom. The molecule has 0 bridgehead atoms. The van der Waals surface area contributed by atoms with Crippen molar-refractivity contribution in [1.82, 2.24) is 20.6 Å². The van der Waals surface area contributed by atoms with Crippen molar-refractivity contribution in [3.63, 3.8) is 0 Å². The maximum Gasteiger partial charge on any atom is 0.253 e. The lowest BCUT2D eigenvalue weighted by atomic mass is 10.1. The molecule has 0 aliphatic rings. The molecule has 0 saturated heterocycles. The Morgan fingerprint density at radius 2 is 1.78 bits per heavy atom. The Labute approximate surface area is 135 Å². The molecule has 120 valence electrons. The average molecular weight is 312 g/mol. The highest BCUT2D eigenvalue weighted by Crippen LogP contribution is 2.04. The van der Waals surface area contributed by atoms with Crippen LogP contribution in [0.15, 0.2) is 43.0 Å². The summed E-state index contributed by atoms with van der Waals surface area (Å²) in [4.78, 5) is 32.1. The van der Waals surface area contributed by atoms with Crippen molar-refractivity contribution >= 4 is 11.8 Å². The summed E-state index contributed by atoms with van der Waals surface area (Å²) in [6.45, 7) is 3.05. The van der Waals surface area contributed by atoms with Crippen LogP contribution in [0.25, 0.3) is 0 Å². The van der Waals surface area contributed by atoms with Crippen LogP contribution in [-0.4, -0.2) is 28.3 Å². The monoisotopic (exact) mass is 312 g/mol. The highest BCUT2D eigenvalue weighted by molar-refractivity contribution is 5.99. The van der Waals surface area contributed by atoms with Gasteiger partial charge >= 0.3 is 0 Å². The van der Waals surface area contributed by atoms with Crippen LogP contribution in [0.1, 0.15) is 46.0 Å². The van der Waals surface area contributed by atoms with Crippen LogP contribution < -0.4 is 10.6 Å². The van der Waals surface area contributed by atoms with E-state index in [0.717, 1.165) is 18.4 Å². The topological polar surface area (TPSA) is 84.0 Å². The Kier molecular flexibility index (Phi) is 6.23. The zero-order chi connectivity index (χ0) is 16.5. The molecule has 0 saturated carbocycles. The van der Waals surface area contributed by atoms with Crippen molar-refractivity contribution in [2.45, 2.75) is 26.3 Å². The summed E-state index contributed by atoms with van der Waals surface area (Å²) in [7, 11) is 0. The van der Waals surface area contributed by atoms with Crippen molar-refractivity contribution in [2.75, 3.05) is 6.54 Å². The van der Waals surface area contributed by atoms with Gasteiger partial charge in [-0.3, -0.25) is 19.6 Å². The third-order valence-corrected chi connectivity index (χ3v) is 3.25. The number of nitrogens with zero attached hydrogens (tertiary/aromatic N) is 2. The van der Waals surface area contributed by atoms with Crippen LogP contribution in [0, 0.1) is 0 Å². The van der Waals surface area contributed by atoms with Gasteiger partial charge in [-0.15, -0.1) is 0 Å². The lowest BCUT2D eigenvalue weighted by Crippen LogP contribution is -2.26. The van der Waals surface area contributed by atoms with Gasteiger partial charge in [0.25, 0.3) is 11.8 Å². The van der Waals surface area contributed by atoms with Gasteiger partial charge in [0, 0.05) is 37.9 Å². The van der Waals surface area contributed by atoms with E-state index in [-0.39, 0.29) is 11.8 Å². The second kappa shape index (κ2) is 8.63. The van der Waals surface area contributed by atoms with Gasteiger partial charge in [0.1, 0.15) is 0 Å². The maximum atomic E-state index is 12.1. The largest absolute Gasteiger partial charge is 0.352 e. The van der Waals surface area contributed by atoms with E-state index in [4.69, 9.17) is 0 Å². The van der Waals surface area contributed by atoms with Crippen LogP contribution in [0.2, 0.25) is 0 Å². The smallest absolute Gasteiger partial charge is 0.253 e. The molecule has 6 nitrogen and oxygen atoms in total. The van der Waals surface area contributed by atoms with E-state index in [1.807, 2.05) is 12.1 Å². The molecule has 2 aromatic heterocycles. The first-order chi connectivity index (χ1) is 11.2. The standard InChI is InChI=1S/C17H20N4O2/c1-2-3-7-20-16(22)14-8-15(12-19-11-14)17(23)21-10-13-5-4-6-18-9-13/h4-6,8-9,11-12H,2-3,7,10H2,1H3,(H,20,22)(H,21,23). The minimum Gasteiger partial charge on any atom is -0.352 e. The van der Waals surface area contributed by atoms with Gasteiger partial charge in [-0.05, 0) is 24.1 Å². The quantitative estimate of drug-likeness (QED) is 0.765. The summed E-state index contributed by atoms with van der Waals surface area (Å²) < 4.78 is 0. The van der Waals surface area contributed by atoms with Gasteiger partial charge in [-0.2, -0.15) is 0 Å². The van der Waals surface area contributed by atoms with Gasteiger partial charge in [0.15, 0.2) is 0 Å². The maximum absolute atomic E-state index is 12.1. The molecule has 2 amide bonds. The first-order valence-corrected chi connectivity index (χ1v) is 7.61. The first kappa shape index (κ1) is 16.6. The number of carbonyl (C=O) groups excluding carboxylic acids is 2. The van der Waals surface area contributed by atoms with E-state index in [9.17, 15) is 9.59 Å². The molecular weight excluding hydrogens is 292 g/mol. The fraction of sp³-hybridized carbons (Fsp3) is 0.294. The van der Waals surface area contributed by atoms with E-state index in [2.05, 4.69) is 27.5 Å². The molecule has 6 heteroatoms. The molecule has 0 spiro atoms. The van der Waals surface area contributed by atoms with E-state index < -0.39 is 0 Å². The van der Waals surface area contributed by atoms with Crippen LogP contribution in [-0.2, 0) is 6.54 Å². The predicted octanol–water partition coefficient (Wildman–Crippen LogP) is 1.94. The minimum atomic E-state index is -0.274. The number of pyridine rings is 2. The minimum absolute atomic E-state index is 0.215. The van der Waals surface area contributed by atoms with Crippen molar-refractivity contribution in [1.29, 1.82) is 0 Å². The van der Waals surface area contributed by atoms with Crippen molar-refractivity contribution < 1.29 is 9.59 Å². The molecule has 0 aromatic carbocycles. The summed E-state index contributed by atoms with van der Waals surface area (Å²) in [6, 6.07) is 5.24. The molecule has 23 heavy (non-hydrogen) atoms. The average Bonchev–Trinajstić information content (AvgIpc) is 2.61. The van der Waals surface area contributed by atoms with Crippen molar-refractivity contribution in [3.05, 3.63) is 59.7 Å². The zero-order valence-corrected chi connectivity index (χ0v) is 13.1. The van der Waals surface area contributed by atoms with Gasteiger partial charge in [0.2, 0.25) is 0 Å². The Bertz CT molecular complexity index is 659.